The molecule has 3 heterocycles. The van der Waals surface area contributed by atoms with Crippen LogP contribution < -0.4 is 20.7 Å². The molecule has 2 N–H and O–H groups in total. The van der Waals surface area contributed by atoms with Crippen molar-refractivity contribution in [2.75, 3.05) is 17.5 Å². The smallest absolute Gasteiger partial charge is 0.419 e. The van der Waals surface area contributed by atoms with Gasteiger partial charge in [-0.1, -0.05) is 6.07 Å². The third kappa shape index (κ3) is 3.70. The highest BCUT2D eigenvalue weighted by Gasteiger charge is 2.35. The Kier molecular flexibility index (Phi) is 4.89. The number of hydrazine groups is 2. The zero-order valence-electron chi connectivity index (χ0n) is 15.7. The Hall–Kier alpha value is -3.84. The minimum atomic E-state index is -4.63. The minimum absolute atomic E-state index is 0.0726. The molecular weight excluding hydrogens is 397 g/mol. The fourth-order valence-corrected chi connectivity index (χ4v) is 3.02. The monoisotopic (exact) mass is 412 g/mol. The molecular formula is C20H15F3N6O. The number of ether oxygens (including phenoxy) is 1. The number of nitriles is 1. The molecule has 4 rings (SSSR count). The number of hydrogen-bond donors (Lipinski definition) is 2. The molecule has 3 aromatic rings. The largest absolute Gasteiger partial charge is 0.487 e. The van der Waals surface area contributed by atoms with Gasteiger partial charge in [-0.05, 0) is 36.4 Å². The third-order valence-corrected chi connectivity index (χ3v) is 4.50. The fourth-order valence-electron chi connectivity index (χ4n) is 3.02. The molecule has 0 bridgehead atoms. The molecule has 0 atom stereocenters. The van der Waals surface area contributed by atoms with Crippen LogP contribution in [0.3, 0.4) is 0 Å². The average Bonchev–Trinajstić information content (AvgIpc) is 3.12. The number of benzene rings is 1. The van der Waals surface area contributed by atoms with Gasteiger partial charge in [0, 0.05) is 18.8 Å². The van der Waals surface area contributed by atoms with E-state index in [1.807, 2.05) is 6.07 Å². The summed E-state index contributed by atoms with van der Waals surface area (Å²) in [4.78, 5) is 8.25. The zero-order valence-corrected chi connectivity index (χ0v) is 15.7. The summed E-state index contributed by atoms with van der Waals surface area (Å²) in [6, 6.07) is 12.4. The van der Waals surface area contributed by atoms with E-state index in [4.69, 9.17) is 4.74 Å². The summed E-state index contributed by atoms with van der Waals surface area (Å²) < 4.78 is 46.5. The van der Waals surface area contributed by atoms with Crippen molar-refractivity contribution in [1.82, 2.24) is 15.5 Å². The first-order valence-corrected chi connectivity index (χ1v) is 8.81. The van der Waals surface area contributed by atoms with Crippen molar-refractivity contribution >= 4 is 11.4 Å². The van der Waals surface area contributed by atoms with Crippen molar-refractivity contribution in [3.63, 3.8) is 0 Å². The maximum Gasteiger partial charge on any atom is 0.419 e. The van der Waals surface area contributed by atoms with Crippen molar-refractivity contribution < 1.29 is 17.9 Å². The topological polar surface area (TPSA) is 86.1 Å². The van der Waals surface area contributed by atoms with E-state index in [0.717, 1.165) is 6.07 Å². The maximum atomic E-state index is 13.7. The summed E-state index contributed by atoms with van der Waals surface area (Å²) in [5, 5.41) is 11.0. The Balaban J connectivity index is 1.72. The molecule has 152 valence electrons. The second-order valence-electron chi connectivity index (χ2n) is 6.48. The Bertz CT molecular complexity index is 1130. The molecule has 2 aromatic heterocycles. The number of aromatic nitrogens is 2. The number of fused-ring (bicyclic) bond motifs is 1. The SMILES string of the molecule is CN1NNc2c1cc(-c1ccc(OCc3ccccn3)c(C(F)(F)F)c1)nc2C#N. The molecule has 30 heavy (non-hydrogen) atoms. The molecule has 10 heteroatoms. The molecule has 0 amide bonds. The van der Waals surface area contributed by atoms with Crippen LogP contribution in [0.25, 0.3) is 11.3 Å². The van der Waals surface area contributed by atoms with Crippen LogP contribution in [0.2, 0.25) is 0 Å². The standard InChI is InChI=1S/C20H15F3N6O/c1-29-17-9-15(26-16(10-24)19(17)27-28-29)12-5-6-18(14(8-12)20(21,22)23)30-11-13-4-2-3-7-25-13/h2-9,27-28H,11H2,1H3. The van der Waals surface area contributed by atoms with Crippen LogP contribution in [-0.2, 0) is 12.8 Å². The molecule has 0 saturated heterocycles. The fraction of sp³-hybridized carbons (Fsp3) is 0.150. The predicted octanol–water partition coefficient (Wildman–Crippen LogP) is 3.89. The van der Waals surface area contributed by atoms with Gasteiger partial charge in [0.05, 0.1) is 22.6 Å². The van der Waals surface area contributed by atoms with Gasteiger partial charge in [0.2, 0.25) is 0 Å². The first-order chi connectivity index (χ1) is 14.4. The van der Waals surface area contributed by atoms with E-state index in [0.29, 0.717) is 17.1 Å². The number of pyridine rings is 2. The van der Waals surface area contributed by atoms with E-state index in [1.165, 1.54) is 12.1 Å². The number of nitrogens with one attached hydrogen (secondary N) is 2. The molecule has 0 spiro atoms. The second-order valence-corrected chi connectivity index (χ2v) is 6.48. The summed E-state index contributed by atoms with van der Waals surface area (Å²) in [6.45, 7) is -0.0962. The maximum absolute atomic E-state index is 13.7. The van der Waals surface area contributed by atoms with E-state index in [-0.39, 0.29) is 29.3 Å². The summed E-state index contributed by atoms with van der Waals surface area (Å²) in [5.41, 5.74) is 6.79. The van der Waals surface area contributed by atoms with Crippen molar-refractivity contribution in [1.29, 1.82) is 5.26 Å². The van der Waals surface area contributed by atoms with E-state index in [9.17, 15) is 18.4 Å². The number of halogens is 3. The van der Waals surface area contributed by atoms with Gasteiger partial charge in [-0.15, -0.1) is 5.53 Å². The van der Waals surface area contributed by atoms with Gasteiger partial charge in [0.15, 0.2) is 5.69 Å². The van der Waals surface area contributed by atoms with Gasteiger partial charge in [-0.2, -0.15) is 18.4 Å². The summed E-state index contributed by atoms with van der Waals surface area (Å²) >= 11 is 0. The first-order valence-electron chi connectivity index (χ1n) is 8.81. The summed E-state index contributed by atoms with van der Waals surface area (Å²) in [5.74, 6) is -0.306. The van der Waals surface area contributed by atoms with Crippen LogP contribution in [0, 0.1) is 11.3 Å². The van der Waals surface area contributed by atoms with Crippen LogP contribution in [0.5, 0.6) is 5.75 Å². The van der Waals surface area contributed by atoms with Crippen molar-refractivity contribution in [2.45, 2.75) is 12.8 Å². The van der Waals surface area contributed by atoms with E-state index >= 15 is 0 Å². The lowest BCUT2D eigenvalue weighted by Crippen LogP contribution is -2.31. The third-order valence-electron chi connectivity index (χ3n) is 4.50. The number of alkyl halides is 3. The number of rotatable bonds is 4. The van der Waals surface area contributed by atoms with E-state index in [1.54, 1.807) is 42.5 Å². The van der Waals surface area contributed by atoms with Crippen LogP contribution in [0.1, 0.15) is 17.0 Å². The van der Waals surface area contributed by atoms with Crippen LogP contribution in [0.15, 0.2) is 48.7 Å². The van der Waals surface area contributed by atoms with Gasteiger partial charge in [0.25, 0.3) is 0 Å². The summed E-state index contributed by atoms with van der Waals surface area (Å²) in [7, 11) is 1.71. The Morgan fingerprint density at radius 1 is 1.20 bits per heavy atom. The average molecular weight is 412 g/mol. The van der Waals surface area contributed by atoms with E-state index in [2.05, 4.69) is 20.9 Å². The van der Waals surface area contributed by atoms with Gasteiger partial charge >= 0.3 is 6.18 Å². The molecule has 0 saturated carbocycles. The van der Waals surface area contributed by atoms with Crippen LogP contribution in [0.4, 0.5) is 24.5 Å². The van der Waals surface area contributed by atoms with Crippen LogP contribution >= 0.6 is 0 Å². The Morgan fingerprint density at radius 3 is 2.73 bits per heavy atom. The number of hydrogen-bond acceptors (Lipinski definition) is 7. The minimum Gasteiger partial charge on any atom is -0.487 e. The predicted molar refractivity (Wildman–Crippen MR) is 103 cm³/mol. The highest BCUT2D eigenvalue weighted by molar-refractivity contribution is 5.81. The highest BCUT2D eigenvalue weighted by atomic mass is 19.4. The van der Waals surface area contributed by atoms with Crippen molar-refractivity contribution in [3.8, 4) is 23.1 Å². The molecule has 1 aromatic carbocycles. The van der Waals surface area contributed by atoms with Crippen molar-refractivity contribution in [2.24, 2.45) is 0 Å². The molecule has 7 nitrogen and oxygen atoms in total. The Morgan fingerprint density at radius 2 is 2.03 bits per heavy atom. The molecule has 1 aliphatic rings. The molecule has 1 aliphatic heterocycles. The van der Waals surface area contributed by atoms with Gasteiger partial charge < -0.3 is 4.74 Å². The molecule has 0 aliphatic carbocycles. The lowest BCUT2D eigenvalue weighted by molar-refractivity contribution is -0.139. The normalized spacial score (nSPS) is 12.8. The Labute approximate surface area is 169 Å². The first kappa shape index (κ1) is 19.5. The molecule has 0 unspecified atom stereocenters. The number of anilines is 2. The second kappa shape index (κ2) is 7.53. The summed E-state index contributed by atoms with van der Waals surface area (Å²) in [6.07, 6.45) is -3.09. The lowest BCUT2D eigenvalue weighted by Gasteiger charge is -2.16. The van der Waals surface area contributed by atoms with Gasteiger partial charge in [-0.3, -0.25) is 15.4 Å². The quantitative estimate of drug-likeness (QED) is 0.672. The van der Waals surface area contributed by atoms with E-state index < -0.39 is 11.7 Å². The highest BCUT2D eigenvalue weighted by Crippen LogP contribution is 2.40. The van der Waals surface area contributed by atoms with Gasteiger partial charge in [-0.25, -0.2) is 4.98 Å². The number of nitrogens with zero attached hydrogens (tertiary/aromatic N) is 4. The molecule has 0 radical (unpaired) electrons. The zero-order chi connectivity index (χ0) is 21.3. The lowest BCUT2D eigenvalue weighted by atomic mass is 10.0. The van der Waals surface area contributed by atoms with Crippen molar-refractivity contribution in [3.05, 3.63) is 65.6 Å². The molecule has 0 fully saturated rings. The van der Waals surface area contributed by atoms with Gasteiger partial charge in [0.1, 0.15) is 24.1 Å². The van der Waals surface area contributed by atoms with Crippen LogP contribution in [-0.4, -0.2) is 17.0 Å².